The maximum Gasteiger partial charge on any atom is 0.490 e. The number of nitrogens with one attached hydrogen (secondary N) is 3. The van der Waals surface area contributed by atoms with Crippen molar-refractivity contribution in [2.24, 2.45) is 0 Å². The predicted molar refractivity (Wildman–Crippen MR) is 127 cm³/mol. The van der Waals surface area contributed by atoms with Gasteiger partial charge in [0, 0.05) is 22.8 Å². The lowest BCUT2D eigenvalue weighted by atomic mass is 10.1. The molecule has 0 radical (unpaired) electrons. The number of pyridine rings is 1. The highest BCUT2D eigenvalue weighted by Gasteiger charge is 2.38. The number of rotatable bonds is 7. The quantitative estimate of drug-likeness (QED) is 0.259. The minimum atomic E-state index is -5.08. The van der Waals surface area contributed by atoms with Crippen LogP contribution in [0.25, 0.3) is 10.9 Å². The van der Waals surface area contributed by atoms with E-state index in [0.717, 1.165) is 16.5 Å². The van der Waals surface area contributed by atoms with Crippen molar-refractivity contribution in [3.63, 3.8) is 0 Å². The Morgan fingerprint density at radius 3 is 2.44 bits per heavy atom. The Bertz CT molecular complexity index is 1310. The molecule has 2 aromatic heterocycles. The Kier molecular flexibility index (Phi) is 8.57. The van der Waals surface area contributed by atoms with Crippen molar-refractivity contribution < 1.29 is 33.0 Å². The molecule has 36 heavy (non-hydrogen) atoms. The van der Waals surface area contributed by atoms with Crippen LogP contribution >= 0.6 is 0 Å². The second-order valence-electron chi connectivity index (χ2n) is 7.57. The minimum absolute atomic E-state index is 0.0439. The average Bonchev–Trinajstić information content (AvgIpc) is 3.32. The summed E-state index contributed by atoms with van der Waals surface area (Å²) >= 11 is 0. The van der Waals surface area contributed by atoms with Crippen LogP contribution in [0, 0.1) is 0 Å². The molecule has 0 saturated heterocycles. The van der Waals surface area contributed by atoms with Crippen LogP contribution in [0.4, 0.5) is 24.7 Å². The Labute approximate surface area is 203 Å². The lowest BCUT2D eigenvalue weighted by molar-refractivity contribution is -0.192. The number of aromatic nitrogens is 3. The minimum Gasteiger partial charge on any atom is -0.475 e. The summed E-state index contributed by atoms with van der Waals surface area (Å²) in [7, 11) is 0. The number of aliphatic hydroxyl groups is 1. The van der Waals surface area contributed by atoms with Crippen molar-refractivity contribution in [3.05, 3.63) is 84.2 Å². The fourth-order valence-electron chi connectivity index (χ4n) is 3.14. The molecule has 1 atom stereocenters. The van der Waals surface area contributed by atoms with E-state index in [4.69, 9.17) is 9.90 Å². The van der Waals surface area contributed by atoms with E-state index in [1.165, 1.54) is 0 Å². The fraction of sp³-hybridized carbons (Fsp3) is 0.167. The smallest absolute Gasteiger partial charge is 0.475 e. The van der Waals surface area contributed by atoms with E-state index in [-0.39, 0.29) is 18.6 Å². The first-order valence-electron chi connectivity index (χ1n) is 10.6. The third-order valence-electron chi connectivity index (χ3n) is 4.86. The van der Waals surface area contributed by atoms with E-state index in [1.54, 1.807) is 24.5 Å². The van der Waals surface area contributed by atoms with Crippen LogP contribution in [-0.4, -0.2) is 56.1 Å². The lowest BCUT2D eigenvalue weighted by Gasteiger charge is -2.17. The molecule has 1 amide bonds. The van der Waals surface area contributed by atoms with Gasteiger partial charge in [-0.3, -0.25) is 9.89 Å². The second kappa shape index (κ2) is 11.8. The van der Waals surface area contributed by atoms with Gasteiger partial charge < -0.3 is 20.8 Å². The van der Waals surface area contributed by atoms with Crippen LogP contribution in [0.5, 0.6) is 0 Å². The fourth-order valence-corrected chi connectivity index (χ4v) is 3.14. The van der Waals surface area contributed by atoms with Gasteiger partial charge in [0.1, 0.15) is 5.82 Å². The first-order chi connectivity index (χ1) is 17.2. The molecular weight excluding hydrogens is 479 g/mol. The number of halogens is 3. The molecule has 4 aromatic rings. The summed E-state index contributed by atoms with van der Waals surface area (Å²) in [5, 5.41) is 30.7. The number of carbonyl (C=O) groups is 2. The van der Waals surface area contributed by atoms with Crippen molar-refractivity contribution >= 4 is 34.3 Å². The largest absolute Gasteiger partial charge is 0.490 e. The molecule has 2 heterocycles. The number of H-pyrrole nitrogens is 1. The molecule has 0 saturated carbocycles. The highest BCUT2D eigenvalue weighted by atomic mass is 19.4. The molecule has 9 nitrogen and oxygen atoms in total. The number of aliphatic carboxylic acids is 1. The van der Waals surface area contributed by atoms with Gasteiger partial charge in [0.25, 0.3) is 5.91 Å². The van der Waals surface area contributed by atoms with Crippen molar-refractivity contribution in [1.29, 1.82) is 0 Å². The van der Waals surface area contributed by atoms with Crippen LogP contribution < -0.4 is 10.6 Å². The van der Waals surface area contributed by atoms with Crippen molar-refractivity contribution in [3.8, 4) is 0 Å². The maximum atomic E-state index is 12.6. The van der Waals surface area contributed by atoms with Gasteiger partial charge in [-0.25, -0.2) is 9.78 Å². The zero-order valence-corrected chi connectivity index (χ0v) is 18.7. The molecule has 0 aliphatic carbocycles. The van der Waals surface area contributed by atoms with Gasteiger partial charge in [-0.15, -0.1) is 0 Å². The number of carboxylic acid groups (broad SMARTS) is 1. The van der Waals surface area contributed by atoms with Crippen LogP contribution in [0.3, 0.4) is 0 Å². The number of aromatic amines is 1. The number of anilines is 2. The van der Waals surface area contributed by atoms with Crippen molar-refractivity contribution in [2.45, 2.75) is 18.6 Å². The normalized spacial score (nSPS) is 11.8. The van der Waals surface area contributed by atoms with Crippen molar-refractivity contribution in [2.75, 3.05) is 17.2 Å². The van der Waals surface area contributed by atoms with Gasteiger partial charge in [-0.1, -0.05) is 30.3 Å². The molecule has 2 aromatic carbocycles. The molecule has 0 aliphatic rings. The van der Waals surface area contributed by atoms with Gasteiger partial charge in [-0.05, 0) is 42.3 Å². The highest BCUT2D eigenvalue weighted by molar-refractivity contribution is 6.05. The molecule has 0 bridgehead atoms. The van der Waals surface area contributed by atoms with E-state index < -0.39 is 12.1 Å². The molecule has 5 N–H and O–H groups in total. The van der Waals surface area contributed by atoms with Crippen LogP contribution in [0.15, 0.2) is 73.1 Å². The molecule has 12 heteroatoms. The Morgan fingerprint density at radius 2 is 1.78 bits per heavy atom. The van der Waals surface area contributed by atoms with Crippen LogP contribution in [0.1, 0.15) is 15.9 Å². The van der Waals surface area contributed by atoms with E-state index in [9.17, 15) is 23.1 Å². The molecular formula is C24H22F3N5O4. The molecule has 0 unspecified atom stereocenters. The van der Waals surface area contributed by atoms with Crippen LogP contribution in [-0.2, 0) is 11.2 Å². The number of hydrogen-bond donors (Lipinski definition) is 5. The predicted octanol–water partition coefficient (Wildman–Crippen LogP) is 3.86. The Hall–Kier alpha value is -4.45. The maximum absolute atomic E-state index is 12.6. The first-order valence-corrected chi connectivity index (χ1v) is 10.6. The number of alkyl halides is 3. The van der Waals surface area contributed by atoms with E-state index in [2.05, 4.69) is 25.8 Å². The standard InChI is InChI=1S/C22H21N5O2.C2HF3O2/c28-14-19(10-15-4-2-1-3-5-15)25-21-12-16(8-9-23-21)22(29)26-18-6-7-20-17(11-18)13-24-27-20;3-2(4,5)1(6)7/h1-9,11-13,19,28H,10,14H2,(H,23,25)(H,24,27)(H,26,29);(H,6,7)/t19-;/m1./s1. The number of hydrogen-bond acceptors (Lipinski definition) is 6. The van der Waals surface area contributed by atoms with Gasteiger partial charge in [0.05, 0.1) is 24.4 Å². The third kappa shape index (κ3) is 7.53. The molecule has 4 rings (SSSR count). The molecule has 0 aliphatic heterocycles. The summed E-state index contributed by atoms with van der Waals surface area (Å²) in [5.74, 6) is -2.45. The number of benzene rings is 2. The van der Waals surface area contributed by atoms with Gasteiger partial charge >= 0.3 is 12.1 Å². The Balaban J connectivity index is 0.000000454. The topological polar surface area (TPSA) is 140 Å². The van der Waals surface area contributed by atoms with Gasteiger partial charge in [-0.2, -0.15) is 18.3 Å². The summed E-state index contributed by atoms with van der Waals surface area (Å²) in [6.45, 7) is -0.0439. The molecule has 0 fully saturated rings. The summed E-state index contributed by atoms with van der Waals surface area (Å²) in [6.07, 6.45) is -1.14. The number of nitrogens with zero attached hydrogens (tertiary/aromatic N) is 2. The van der Waals surface area contributed by atoms with E-state index in [1.807, 2.05) is 48.5 Å². The highest BCUT2D eigenvalue weighted by Crippen LogP contribution is 2.18. The summed E-state index contributed by atoms with van der Waals surface area (Å²) in [4.78, 5) is 25.8. The SMILES string of the molecule is O=C(Nc1ccc2[nH]ncc2c1)c1ccnc(N[C@@H](CO)Cc2ccccc2)c1.O=C(O)C(F)(F)F. The zero-order chi connectivity index (χ0) is 26.1. The van der Waals surface area contributed by atoms with Gasteiger partial charge in [0.15, 0.2) is 0 Å². The molecule has 188 valence electrons. The number of aliphatic hydroxyl groups excluding tert-OH is 1. The number of carbonyl (C=O) groups excluding carboxylic acids is 1. The number of amides is 1. The number of carboxylic acids is 1. The van der Waals surface area contributed by atoms with Gasteiger partial charge in [0.2, 0.25) is 0 Å². The third-order valence-corrected chi connectivity index (χ3v) is 4.86. The first kappa shape index (κ1) is 26.2. The number of fused-ring (bicyclic) bond motifs is 1. The summed E-state index contributed by atoms with van der Waals surface area (Å²) < 4.78 is 31.7. The Morgan fingerprint density at radius 1 is 1.06 bits per heavy atom. The lowest BCUT2D eigenvalue weighted by Crippen LogP contribution is -2.27. The summed E-state index contributed by atoms with van der Waals surface area (Å²) in [5.41, 5.74) is 3.19. The monoisotopic (exact) mass is 501 g/mol. The average molecular weight is 501 g/mol. The van der Waals surface area contributed by atoms with E-state index in [0.29, 0.717) is 23.5 Å². The van der Waals surface area contributed by atoms with Crippen LogP contribution in [0.2, 0.25) is 0 Å². The zero-order valence-electron chi connectivity index (χ0n) is 18.7. The van der Waals surface area contributed by atoms with E-state index >= 15 is 0 Å². The van der Waals surface area contributed by atoms with Crippen molar-refractivity contribution in [1.82, 2.24) is 15.2 Å². The second-order valence-corrected chi connectivity index (χ2v) is 7.57. The molecule has 0 spiro atoms. The summed E-state index contributed by atoms with van der Waals surface area (Å²) in [6, 6.07) is 18.6.